The summed E-state index contributed by atoms with van der Waals surface area (Å²) in [6.07, 6.45) is 1.36. The Balaban J connectivity index is 2.49. The zero-order chi connectivity index (χ0) is 12.7. The van der Waals surface area contributed by atoms with Crippen LogP contribution in [0.3, 0.4) is 0 Å². The molecule has 3 heteroatoms. The maximum atomic E-state index is 10.5. The molecular formula is C14H20O3. The van der Waals surface area contributed by atoms with E-state index < -0.39 is 0 Å². The van der Waals surface area contributed by atoms with Crippen molar-refractivity contribution in [2.24, 2.45) is 5.92 Å². The predicted octanol–water partition coefficient (Wildman–Crippen LogP) is 2.83. The molecule has 0 radical (unpaired) electrons. The van der Waals surface area contributed by atoms with Crippen molar-refractivity contribution in [3.63, 3.8) is 0 Å². The fraction of sp³-hybridized carbons (Fsp3) is 0.500. The molecule has 17 heavy (non-hydrogen) atoms. The van der Waals surface area contributed by atoms with Crippen LogP contribution in [0.2, 0.25) is 0 Å². The van der Waals surface area contributed by atoms with Crippen molar-refractivity contribution in [2.45, 2.75) is 33.0 Å². The molecule has 0 saturated heterocycles. The van der Waals surface area contributed by atoms with E-state index in [1.807, 2.05) is 24.3 Å². The summed E-state index contributed by atoms with van der Waals surface area (Å²) >= 11 is 0. The Morgan fingerprint density at radius 3 is 2.35 bits per heavy atom. The first-order valence-corrected chi connectivity index (χ1v) is 5.85. The van der Waals surface area contributed by atoms with Gasteiger partial charge in [-0.05, 0) is 23.6 Å². The molecular weight excluding hydrogens is 216 g/mol. The molecule has 1 aromatic rings. The van der Waals surface area contributed by atoms with Crippen molar-refractivity contribution in [1.82, 2.24) is 0 Å². The highest BCUT2D eigenvalue weighted by Gasteiger charge is 2.13. The predicted molar refractivity (Wildman–Crippen MR) is 67.1 cm³/mol. The van der Waals surface area contributed by atoms with Gasteiger partial charge in [-0.15, -0.1) is 0 Å². The van der Waals surface area contributed by atoms with Gasteiger partial charge in [-0.1, -0.05) is 26.0 Å². The third-order valence-electron chi connectivity index (χ3n) is 2.70. The molecule has 1 atom stereocenters. The number of methoxy groups -OCH3 is 1. The van der Waals surface area contributed by atoms with Crippen LogP contribution >= 0.6 is 0 Å². The van der Waals surface area contributed by atoms with E-state index in [1.54, 1.807) is 7.11 Å². The van der Waals surface area contributed by atoms with Gasteiger partial charge in [0.05, 0.1) is 19.8 Å². The van der Waals surface area contributed by atoms with Gasteiger partial charge in [0.15, 0.2) is 0 Å². The number of hydrogen-bond donors (Lipinski definition) is 0. The maximum absolute atomic E-state index is 10.5. The number of hydrogen-bond acceptors (Lipinski definition) is 3. The lowest BCUT2D eigenvalue weighted by Gasteiger charge is -2.19. The van der Waals surface area contributed by atoms with Gasteiger partial charge in [0, 0.05) is 6.42 Å². The third kappa shape index (κ3) is 4.57. The summed E-state index contributed by atoms with van der Waals surface area (Å²) in [5, 5.41) is 0. The Bertz CT molecular complexity index is 330. The van der Waals surface area contributed by atoms with Crippen LogP contribution in [0.25, 0.3) is 0 Å². The number of aldehydes is 1. The largest absolute Gasteiger partial charge is 0.497 e. The minimum Gasteiger partial charge on any atom is -0.497 e. The van der Waals surface area contributed by atoms with Crippen LogP contribution in [-0.2, 0) is 16.1 Å². The molecule has 0 spiro atoms. The topological polar surface area (TPSA) is 35.5 Å². The molecule has 0 saturated carbocycles. The van der Waals surface area contributed by atoms with Crippen molar-refractivity contribution in [2.75, 3.05) is 7.11 Å². The van der Waals surface area contributed by atoms with E-state index in [0.29, 0.717) is 18.9 Å². The average molecular weight is 236 g/mol. The molecule has 0 fully saturated rings. The fourth-order valence-corrected chi connectivity index (χ4v) is 1.55. The van der Waals surface area contributed by atoms with E-state index in [2.05, 4.69) is 13.8 Å². The average Bonchev–Trinajstić information content (AvgIpc) is 2.34. The SMILES string of the molecule is COc1ccc(COC(CC=O)C(C)C)cc1. The van der Waals surface area contributed by atoms with Gasteiger partial charge in [0.25, 0.3) is 0 Å². The molecule has 1 aromatic carbocycles. The molecule has 0 heterocycles. The van der Waals surface area contributed by atoms with E-state index in [4.69, 9.17) is 9.47 Å². The van der Waals surface area contributed by atoms with Crippen LogP contribution in [0, 0.1) is 5.92 Å². The molecule has 0 amide bonds. The summed E-state index contributed by atoms with van der Waals surface area (Å²) in [4.78, 5) is 10.5. The molecule has 0 aliphatic heterocycles. The van der Waals surface area contributed by atoms with Gasteiger partial charge in [-0.3, -0.25) is 0 Å². The van der Waals surface area contributed by atoms with Crippen LogP contribution in [0.5, 0.6) is 5.75 Å². The number of rotatable bonds is 7. The first kappa shape index (κ1) is 13.7. The first-order chi connectivity index (χ1) is 8.17. The quantitative estimate of drug-likeness (QED) is 0.683. The van der Waals surface area contributed by atoms with Gasteiger partial charge in [0.1, 0.15) is 12.0 Å². The Kier molecular flexibility index (Phi) is 5.70. The molecule has 3 nitrogen and oxygen atoms in total. The van der Waals surface area contributed by atoms with Gasteiger partial charge in [-0.2, -0.15) is 0 Å². The van der Waals surface area contributed by atoms with E-state index in [0.717, 1.165) is 17.6 Å². The van der Waals surface area contributed by atoms with Gasteiger partial charge in [-0.25, -0.2) is 0 Å². The third-order valence-corrected chi connectivity index (χ3v) is 2.70. The second kappa shape index (κ2) is 7.07. The smallest absolute Gasteiger partial charge is 0.122 e. The Morgan fingerprint density at radius 2 is 1.88 bits per heavy atom. The maximum Gasteiger partial charge on any atom is 0.122 e. The number of carbonyl (C=O) groups excluding carboxylic acids is 1. The van der Waals surface area contributed by atoms with Crippen molar-refractivity contribution in [3.8, 4) is 5.75 Å². The molecule has 0 aliphatic carbocycles. The minimum absolute atomic E-state index is 0.00500. The highest BCUT2D eigenvalue weighted by molar-refractivity contribution is 5.50. The lowest BCUT2D eigenvalue weighted by Crippen LogP contribution is -2.20. The monoisotopic (exact) mass is 236 g/mol. The second-order valence-electron chi connectivity index (χ2n) is 4.34. The van der Waals surface area contributed by atoms with Crippen LogP contribution in [0.1, 0.15) is 25.8 Å². The summed E-state index contributed by atoms with van der Waals surface area (Å²) in [5.74, 6) is 1.18. The van der Waals surface area contributed by atoms with Crippen molar-refractivity contribution >= 4 is 6.29 Å². The van der Waals surface area contributed by atoms with Crippen LogP contribution in [0.15, 0.2) is 24.3 Å². The summed E-state index contributed by atoms with van der Waals surface area (Å²) in [6, 6.07) is 7.75. The zero-order valence-corrected chi connectivity index (χ0v) is 10.7. The van der Waals surface area contributed by atoms with Crippen molar-refractivity contribution in [1.29, 1.82) is 0 Å². The van der Waals surface area contributed by atoms with Crippen LogP contribution in [-0.4, -0.2) is 19.5 Å². The van der Waals surface area contributed by atoms with E-state index in [-0.39, 0.29) is 6.10 Å². The lowest BCUT2D eigenvalue weighted by atomic mass is 10.0. The lowest BCUT2D eigenvalue weighted by molar-refractivity contribution is -0.111. The van der Waals surface area contributed by atoms with Crippen LogP contribution < -0.4 is 4.74 Å². The molecule has 0 N–H and O–H groups in total. The molecule has 94 valence electrons. The normalized spacial score (nSPS) is 12.5. The van der Waals surface area contributed by atoms with Crippen LogP contribution in [0.4, 0.5) is 0 Å². The minimum atomic E-state index is -0.00500. The second-order valence-corrected chi connectivity index (χ2v) is 4.34. The molecule has 0 aliphatic rings. The Morgan fingerprint density at radius 1 is 1.24 bits per heavy atom. The molecule has 1 rings (SSSR count). The molecule has 1 unspecified atom stereocenters. The first-order valence-electron chi connectivity index (χ1n) is 5.85. The molecule has 0 bridgehead atoms. The van der Waals surface area contributed by atoms with Gasteiger partial charge >= 0.3 is 0 Å². The summed E-state index contributed by atoms with van der Waals surface area (Å²) in [5.41, 5.74) is 1.09. The number of ether oxygens (including phenoxy) is 2. The Labute approximate surface area is 103 Å². The highest BCUT2D eigenvalue weighted by Crippen LogP contribution is 2.15. The number of benzene rings is 1. The summed E-state index contributed by atoms with van der Waals surface area (Å²) in [7, 11) is 1.64. The standard InChI is InChI=1S/C14H20O3/c1-11(2)14(8-9-15)17-10-12-4-6-13(16-3)7-5-12/h4-7,9,11,14H,8,10H2,1-3H3. The summed E-state index contributed by atoms with van der Waals surface area (Å²) in [6.45, 7) is 4.64. The van der Waals surface area contributed by atoms with E-state index in [9.17, 15) is 4.79 Å². The van der Waals surface area contributed by atoms with Crippen molar-refractivity contribution < 1.29 is 14.3 Å². The highest BCUT2D eigenvalue weighted by atomic mass is 16.5. The van der Waals surface area contributed by atoms with Gasteiger partial charge < -0.3 is 14.3 Å². The zero-order valence-electron chi connectivity index (χ0n) is 10.7. The van der Waals surface area contributed by atoms with E-state index >= 15 is 0 Å². The van der Waals surface area contributed by atoms with Crippen molar-refractivity contribution in [3.05, 3.63) is 29.8 Å². The Hall–Kier alpha value is -1.35. The number of carbonyl (C=O) groups is 1. The fourth-order valence-electron chi connectivity index (χ4n) is 1.55. The van der Waals surface area contributed by atoms with E-state index in [1.165, 1.54) is 0 Å². The molecule has 0 aromatic heterocycles. The summed E-state index contributed by atoms with van der Waals surface area (Å²) < 4.78 is 10.8. The van der Waals surface area contributed by atoms with Gasteiger partial charge in [0.2, 0.25) is 0 Å².